The van der Waals surface area contributed by atoms with Gasteiger partial charge in [-0.2, -0.15) is 0 Å². The Labute approximate surface area is 469 Å². The maximum absolute atomic E-state index is 13.6. The minimum atomic E-state index is -0.583. The second-order valence-corrected chi connectivity index (χ2v) is 21.6. The first kappa shape index (κ1) is 60.0. The second kappa shape index (κ2) is 25.6. The fraction of sp³-hybridized carbons (Fsp3) is 0.474. The molecule has 0 aliphatic carbocycles. The number of ether oxygens (including phenoxy) is 4. The number of amides is 3. The molecule has 2 aliphatic heterocycles. The van der Waals surface area contributed by atoms with Gasteiger partial charge < -0.3 is 53.1 Å². The van der Waals surface area contributed by atoms with Crippen LogP contribution in [0.3, 0.4) is 0 Å². The third kappa shape index (κ3) is 14.2. The molecule has 24 nitrogen and oxygen atoms in total. The predicted molar refractivity (Wildman–Crippen MR) is 305 cm³/mol. The molecule has 2 aromatic carbocycles. The number of hydrogen-bond donors (Lipinski definition) is 2. The molecular weight excluding hydrogens is 1040 g/mol. The summed E-state index contributed by atoms with van der Waals surface area (Å²) in [7, 11) is 6.48. The number of nitrogens with one attached hydrogen (secondary N) is 2. The Morgan fingerprint density at radius 3 is 1.89 bits per heavy atom. The monoisotopic (exact) mass is 1120 g/mol. The number of nitrogens with zero attached hydrogens (tertiary/aromatic N) is 11. The van der Waals surface area contributed by atoms with E-state index >= 15 is 0 Å². The quantitative estimate of drug-likeness (QED) is 0.0473. The van der Waals surface area contributed by atoms with Crippen molar-refractivity contribution < 1.29 is 47.8 Å². The normalized spacial score (nSPS) is 15.5. The van der Waals surface area contributed by atoms with Gasteiger partial charge in [-0.3, -0.25) is 39.3 Å². The zero-order valence-electron chi connectivity index (χ0n) is 48.2. The molecule has 3 amide bonds. The smallest absolute Gasteiger partial charge is 0.407 e. The summed E-state index contributed by atoms with van der Waals surface area (Å²) in [6, 6.07) is 9.88. The number of fused-ring (bicyclic) bond motifs is 3. The van der Waals surface area contributed by atoms with E-state index in [1.165, 1.54) is 19.2 Å². The van der Waals surface area contributed by atoms with Crippen LogP contribution in [0.5, 0.6) is 11.5 Å². The number of rotatable bonds is 13. The fourth-order valence-electron chi connectivity index (χ4n) is 10.2. The number of methoxy groups -OCH3 is 2. The number of aryl methyl sites for hydroxylation is 3. The molecule has 0 saturated carbocycles. The number of aromatic nitrogens is 8. The number of nitro groups is 1. The average Bonchev–Trinajstić information content (AvgIpc) is 3.64. The van der Waals surface area contributed by atoms with E-state index in [9.17, 15) is 34.1 Å². The van der Waals surface area contributed by atoms with Crippen molar-refractivity contribution in [3.05, 3.63) is 88.1 Å². The van der Waals surface area contributed by atoms with Crippen molar-refractivity contribution in [2.24, 2.45) is 13.0 Å². The number of likely N-dealkylation sites (tertiary alicyclic amines) is 2. The van der Waals surface area contributed by atoms with Gasteiger partial charge in [-0.25, -0.2) is 19.7 Å². The maximum Gasteiger partial charge on any atom is 0.407 e. The van der Waals surface area contributed by atoms with E-state index in [1.807, 2.05) is 76.8 Å². The van der Waals surface area contributed by atoms with Crippen molar-refractivity contribution in [2.75, 3.05) is 52.8 Å². The van der Waals surface area contributed by atoms with E-state index in [-0.39, 0.29) is 58.9 Å². The van der Waals surface area contributed by atoms with Gasteiger partial charge in [0.25, 0.3) is 17.5 Å². The van der Waals surface area contributed by atoms with Gasteiger partial charge in [-0.15, -0.1) is 0 Å². The molecule has 5 aromatic heterocycles. The first-order valence-corrected chi connectivity index (χ1v) is 27.0. The highest BCUT2D eigenvalue weighted by molar-refractivity contribution is 6.00. The van der Waals surface area contributed by atoms with Crippen molar-refractivity contribution in [1.29, 1.82) is 0 Å². The molecule has 7 heterocycles. The lowest BCUT2D eigenvalue weighted by molar-refractivity contribution is -0.384. The number of nitro benzene ring substituents is 1. The summed E-state index contributed by atoms with van der Waals surface area (Å²) in [6.45, 7) is 18.3. The summed E-state index contributed by atoms with van der Waals surface area (Å²) >= 11 is 0. The minimum Gasteiger partial charge on any atom is -0.494 e. The summed E-state index contributed by atoms with van der Waals surface area (Å²) in [5, 5.41) is 17.1. The van der Waals surface area contributed by atoms with Crippen LogP contribution in [0, 0.1) is 16.0 Å². The number of carbonyl (C=O) groups is 5. The minimum absolute atomic E-state index is 0.00369. The Bertz CT molecular complexity index is 3450. The highest BCUT2D eigenvalue weighted by Crippen LogP contribution is 2.37. The van der Waals surface area contributed by atoms with Crippen molar-refractivity contribution in [3.63, 3.8) is 0 Å². The number of alkyl carbamates (subject to hydrolysis) is 1. The highest BCUT2D eigenvalue weighted by Gasteiger charge is 2.32. The van der Waals surface area contributed by atoms with E-state index in [4.69, 9.17) is 23.9 Å². The molecule has 2 atom stereocenters. The van der Waals surface area contributed by atoms with E-state index in [1.54, 1.807) is 60.9 Å². The average molecular weight is 1120 g/mol. The standard InChI is InChI=1S/C28H35N7O4.C20H29N3O6.C9H9N3O/c1-7-35-21(15-20-24(35)30-11-10-29-20)25-32-19-13-17(14-22(38-6)23(19)33(25)5)26(36)34-12-8-9-18(16-34)31-27(37)39-28(2,3)4;1-20(2,3)29-17(24)9-13-7-6-8-22(12-13)19(25)14-10-15(23(26)27)18(21-4)16(11-14)28-5;1-2-12-7(6-13)5-8-9(12)11-4-3-10-8/h10-11,13-15,18H,7-9,12,16H2,1-6H3,(H,31,37);10-11,13,21H,6-9,12H2,1-5H3;3-6H,2H2,1H3/t18-;13-;/m10./s1. The summed E-state index contributed by atoms with van der Waals surface area (Å²) in [4.78, 5) is 98.2. The molecule has 2 aliphatic rings. The number of anilines is 1. The predicted octanol–water partition coefficient (Wildman–Crippen LogP) is 8.64. The molecule has 0 radical (unpaired) electrons. The maximum atomic E-state index is 13.6. The molecule has 81 heavy (non-hydrogen) atoms. The second-order valence-electron chi connectivity index (χ2n) is 21.6. The van der Waals surface area contributed by atoms with Gasteiger partial charge >= 0.3 is 12.1 Å². The largest absolute Gasteiger partial charge is 0.494 e. The molecule has 0 unspecified atom stereocenters. The molecule has 2 N–H and O–H groups in total. The third-order valence-electron chi connectivity index (χ3n) is 13.6. The lowest BCUT2D eigenvalue weighted by Crippen LogP contribution is -2.50. The van der Waals surface area contributed by atoms with Crippen LogP contribution in [0.4, 0.5) is 16.2 Å². The zero-order valence-corrected chi connectivity index (χ0v) is 48.2. The van der Waals surface area contributed by atoms with Gasteiger partial charge in [-0.05, 0) is 117 Å². The first-order chi connectivity index (χ1) is 38.5. The Morgan fingerprint density at radius 1 is 0.741 bits per heavy atom. The van der Waals surface area contributed by atoms with Crippen molar-refractivity contribution in [3.8, 4) is 23.0 Å². The topological polar surface area (TPSA) is 275 Å². The third-order valence-corrected chi connectivity index (χ3v) is 13.6. The first-order valence-electron chi connectivity index (χ1n) is 27.0. The van der Waals surface area contributed by atoms with E-state index in [0.29, 0.717) is 55.2 Å². The SMILES string of the molecule is CCn1c(-c2nc3cc(C(=O)N4CCC[C@@H](NC(=O)OC(C)(C)C)C4)cc(OC)c3n2C)cc2nccnc21.CCn1c(C=O)cc2nccnc21.CNc1c(OC)cc(C(=O)N2CCC[C@@H](CC(=O)OC(C)(C)C)C2)cc1[N+](=O)[O-]. The van der Waals surface area contributed by atoms with E-state index in [2.05, 4.69) is 42.1 Å². The molecule has 432 valence electrons. The van der Waals surface area contributed by atoms with Gasteiger partial charge in [0, 0.05) is 95.8 Å². The Kier molecular flexibility index (Phi) is 19.0. The molecule has 2 fully saturated rings. The van der Waals surface area contributed by atoms with Crippen LogP contribution in [0.1, 0.15) is 119 Å². The Hall–Kier alpha value is -8.70. The molecule has 9 rings (SSSR count). The van der Waals surface area contributed by atoms with Crippen molar-refractivity contribution in [2.45, 2.75) is 118 Å². The number of carbonyl (C=O) groups excluding carboxylic acids is 5. The van der Waals surface area contributed by atoms with Crippen LogP contribution in [0.25, 0.3) is 44.9 Å². The molecule has 7 aromatic rings. The van der Waals surface area contributed by atoms with Gasteiger partial charge in [0.05, 0.1) is 48.0 Å². The van der Waals surface area contributed by atoms with Gasteiger partial charge in [0.1, 0.15) is 39.3 Å². The molecule has 2 saturated heterocycles. The van der Waals surface area contributed by atoms with Gasteiger partial charge in [0.2, 0.25) is 0 Å². The number of piperidine rings is 2. The summed E-state index contributed by atoms with van der Waals surface area (Å²) in [5.41, 5.74) is 5.63. The Morgan fingerprint density at radius 2 is 1.31 bits per heavy atom. The summed E-state index contributed by atoms with van der Waals surface area (Å²) in [6.07, 6.45) is 10.3. The van der Waals surface area contributed by atoms with E-state index in [0.717, 1.165) is 77.9 Å². The zero-order chi connectivity index (χ0) is 58.9. The van der Waals surface area contributed by atoms with Crippen LogP contribution in [0.15, 0.2) is 61.2 Å². The van der Waals surface area contributed by atoms with Crippen molar-refractivity contribution >= 4 is 74.9 Å². The number of benzene rings is 2. The lowest BCUT2D eigenvalue weighted by Gasteiger charge is -2.33. The summed E-state index contributed by atoms with van der Waals surface area (Å²) in [5.74, 6) is 0.787. The number of aldehydes is 1. The van der Waals surface area contributed by atoms with Crippen molar-refractivity contribution in [1.82, 2.24) is 53.7 Å². The van der Waals surface area contributed by atoms with Gasteiger partial charge in [-0.1, -0.05) is 0 Å². The number of hydrogen-bond acceptors (Lipinski definition) is 17. The van der Waals surface area contributed by atoms with Crippen LogP contribution in [0.2, 0.25) is 0 Å². The van der Waals surface area contributed by atoms with Crippen LogP contribution < -0.4 is 20.1 Å². The lowest BCUT2D eigenvalue weighted by atomic mass is 9.94. The molecule has 24 heteroatoms. The number of esters is 1. The van der Waals surface area contributed by atoms with Crippen LogP contribution >= 0.6 is 0 Å². The van der Waals surface area contributed by atoms with Crippen LogP contribution in [-0.4, -0.2) is 148 Å². The molecule has 0 spiro atoms. The summed E-state index contributed by atoms with van der Waals surface area (Å²) < 4.78 is 27.6. The molecular formula is C57H73N13O11. The molecule has 0 bridgehead atoms. The Balaban J connectivity index is 0.000000196. The fourth-order valence-corrected chi connectivity index (χ4v) is 10.2. The highest BCUT2D eigenvalue weighted by atomic mass is 16.6. The van der Waals surface area contributed by atoms with E-state index < -0.39 is 22.2 Å². The van der Waals surface area contributed by atoms with Gasteiger partial charge in [0.15, 0.2) is 29.1 Å². The van der Waals surface area contributed by atoms with Crippen LogP contribution in [-0.2, 0) is 34.4 Å². The number of imidazole rings is 1.